The van der Waals surface area contributed by atoms with Gasteiger partial charge >= 0.3 is 0 Å². The summed E-state index contributed by atoms with van der Waals surface area (Å²) in [7, 11) is -3.52. The highest BCUT2D eigenvalue weighted by molar-refractivity contribution is 7.89. The zero-order valence-electron chi connectivity index (χ0n) is 18.7. The maximum atomic E-state index is 13.0. The van der Waals surface area contributed by atoms with Crippen molar-refractivity contribution < 1.29 is 18.0 Å². The number of amides is 2. The Labute approximate surface area is 211 Å². The lowest BCUT2D eigenvalue weighted by atomic mass is 10.1. The summed E-state index contributed by atoms with van der Waals surface area (Å²) in [5.74, 6) is -0.898. The Kier molecular flexibility index (Phi) is 7.41. The van der Waals surface area contributed by atoms with E-state index in [1.165, 1.54) is 14.9 Å². The molecule has 0 spiro atoms. The third-order valence-electron chi connectivity index (χ3n) is 5.70. The van der Waals surface area contributed by atoms with E-state index in [4.69, 9.17) is 11.6 Å². The molecule has 1 aliphatic rings. The lowest BCUT2D eigenvalue weighted by Crippen LogP contribution is -2.50. The fourth-order valence-corrected chi connectivity index (χ4v) is 5.90. The highest BCUT2D eigenvalue weighted by Crippen LogP contribution is 2.22. The van der Waals surface area contributed by atoms with Crippen molar-refractivity contribution in [2.24, 2.45) is 0 Å². The highest BCUT2D eigenvalue weighted by atomic mass is 35.5. The van der Waals surface area contributed by atoms with Crippen molar-refractivity contribution in [1.29, 1.82) is 0 Å². The fourth-order valence-electron chi connectivity index (χ4n) is 3.81. The molecule has 184 valence electrons. The van der Waals surface area contributed by atoms with Gasteiger partial charge in [0.2, 0.25) is 10.0 Å². The van der Waals surface area contributed by atoms with Gasteiger partial charge in [0.25, 0.3) is 17.4 Å². The molecule has 9 nitrogen and oxygen atoms in total. The maximum absolute atomic E-state index is 13.0. The van der Waals surface area contributed by atoms with Crippen LogP contribution >= 0.6 is 22.9 Å². The van der Waals surface area contributed by atoms with Crippen molar-refractivity contribution in [2.45, 2.75) is 19.0 Å². The number of carbonyl (C=O) groups excluding carboxylic acids is 2. The Bertz CT molecular complexity index is 1400. The van der Waals surface area contributed by atoms with E-state index in [9.17, 15) is 22.8 Å². The van der Waals surface area contributed by atoms with E-state index in [0.29, 0.717) is 20.5 Å². The third-order valence-corrected chi connectivity index (χ3v) is 8.75. The summed E-state index contributed by atoms with van der Waals surface area (Å²) in [5, 5.41) is 5.69. The van der Waals surface area contributed by atoms with Gasteiger partial charge in [0.05, 0.1) is 27.1 Å². The summed E-state index contributed by atoms with van der Waals surface area (Å²) in [6.07, 6.45) is 1.63. The molecule has 3 aromatic rings. The SMILES string of the molecule is CCS(=O)(=O)N1C[C@@H](NC(=O)c2ccc(-n3ccccc3=O)cc2)[C@H](NC(=O)c2ccc(Cl)s2)C1. The lowest BCUT2D eigenvalue weighted by molar-refractivity contribution is 0.0898. The Morgan fingerprint density at radius 3 is 2.23 bits per heavy atom. The van der Waals surface area contributed by atoms with Gasteiger partial charge in [-0.2, -0.15) is 4.31 Å². The van der Waals surface area contributed by atoms with Crippen molar-refractivity contribution in [2.75, 3.05) is 18.8 Å². The van der Waals surface area contributed by atoms with Crippen LogP contribution in [0, 0.1) is 0 Å². The molecule has 0 bridgehead atoms. The van der Waals surface area contributed by atoms with E-state index in [2.05, 4.69) is 10.6 Å². The van der Waals surface area contributed by atoms with Crippen molar-refractivity contribution in [1.82, 2.24) is 19.5 Å². The van der Waals surface area contributed by atoms with Gasteiger partial charge in [-0.3, -0.25) is 19.0 Å². The molecule has 1 saturated heterocycles. The Morgan fingerprint density at radius 2 is 1.66 bits per heavy atom. The number of sulfonamides is 1. The molecule has 3 heterocycles. The van der Waals surface area contributed by atoms with Gasteiger partial charge in [-0.15, -0.1) is 11.3 Å². The topological polar surface area (TPSA) is 118 Å². The first-order valence-electron chi connectivity index (χ1n) is 10.8. The van der Waals surface area contributed by atoms with Gasteiger partial charge in [0.1, 0.15) is 0 Å². The molecule has 0 saturated carbocycles. The van der Waals surface area contributed by atoms with E-state index in [1.807, 2.05) is 0 Å². The Morgan fingerprint density at radius 1 is 1.00 bits per heavy atom. The summed E-state index contributed by atoms with van der Waals surface area (Å²) >= 11 is 7.03. The van der Waals surface area contributed by atoms with Crippen LogP contribution in [0.4, 0.5) is 0 Å². The quantitative estimate of drug-likeness (QED) is 0.481. The molecule has 12 heteroatoms. The van der Waals surface area contributed by atoms with Crippen LogP contribution in [0.15, 0.2) is 65.6 Å². The van der Waals surface area contributed by atoms with E-state index in [-0.39, 0.29) is 30.3 Å². The van der Waals surface area contributed by atoms with Gasteiger partial charge in [-0.1, -0.05) is 17.7 Å². The summed E-state index contributed by atoms with van der Waals surface area (Å²) in [4.78, 5) is 38.1. The maximum Gasteiger partial charge on any atom is 0.261 e. The number of halogens is 1. The normalized spacial score (nSPS) is 18.3. The molecule has 0 aliphatic carbocycles. The minimum atomic E-state index is -3.52. The second-order valence-electron chi connectivity index (χ2n) is 7.94. The summed E-state index contributed by atoms with van der Waals surface area (Å²) in [6.45, 7) is 1.62. The van der Waals surface area contributed by atoms with Crippen LogP contribution < -0.4 is 16.2 Å². The lowest BCUT2D eigenvalue weighted by Gasteiger charge is -2.21. The predicted octanol–water partition coefficient (Wildman–Crippen LogP) is 2.11. The van der Waals surface area contributed by atoms with Crippen LogP contribution in [-0.2, 0) is 10.0 Å². The van der Waals surface area contributed by atoms with E-state index < -0.39 is 28.0 Å². The minimum Gasteiger partial charge on any atom is -0.346 e. The van der Waals surface area contributed by atoms with Gasteiger partial charge in [-0.05, 0) is 49.4 Å². The molecule has 0 radical (unpaired) electrons. The number of carbonyl (C=O) groups is 2. The zero-order chi connectivity index (χ0) is 25.2. The molecule has 2 aromatic heterocycles. The number of nitrogens with zero attached hydrogens (tertiary/aromatic N) is 2. The van der Waals surface area contributed by atoms with Crippen LogP contribution in [0.1, 0.15) is 27.0 Å². The van der Waals surface area contributed by atoms with Crippen molar-refractivity contribution >= 4 is 44.8 Å². The number of aromatic nitrogens is 1. The first kappa shape index (κ1) is 25.1. The zero-order valence-corrected chi connectivity index (χ0v) is 21.1. The minimum absolute atomic E-state index is 0.0373. The van der Waals surface area contributed by atoms with Gasteiger partial charge in [0.15, 0.2) is 0 Å². The fraction of sp³-hybridized carbons (Fsp3) is 0.261. The molecule has 35 heavy (non-hydrogen) atoms. The molecule has 1 aliphatic heterocycles. The molecule has 2 amide bonds. The Balaban J connectivity index is 1.51. The monoisotopic (exact) mass is 534 g/mol. The van der Waals surface area contributed by atoms with Crippen molar-refractivity contribution in [3.8, 4) is 5.69 Å². The molecule has 0 unspecified atom stereocenters. The van der Waals surface area contributed by atoms with Crippen LogP contribution in [-0.4, -0.2) is 60.0 Å². The van der Waals surface area contributed by atoms with Gasteiger partial charge in [0, 0.05) is 36.6 Å². The van der Waals surface area contributed by atoms with E-state index in [1.54, 1.807) is 61.7 Å². The van der Waals surface area contributed by atoms with Crippen LogP contribution in [0.2, 0.25) is 4.34 Å². The summed E-state index contributed by atoms with van der Waals surface area (Å²) in [5.41, 5.74) is 0.746. The van der Waals surface area contributed by atoms with Crippen molar-refractivity contribution in [3.63, 3.8) is 0 Å². The van der Waals surface area contributed by atoms with E-state index >= 15 is 0 Å². The first-order valence-corrected chi connectivity index (χ1v) is 13.6. The van der Waals surface area contributed by atoms with Crippen LogP contribution in [0.5, 0.6) is 0 Å². The van der Waals surface area contributed by atoms with E-state index in [0.717, 1.165) is 11.3 Å². The first-order chi connectivity index (χ1) is 16.7. The number of thiophene rings is 1. The van der Waals surface area contributed by atoms with Crippen molar-refractivity contribution in [3.05, 3.63) is 85.9 Å². The number of benzene rings is 1. The predicted molar refractivity (Wildman–Crippen MR) is 135 cm³/mol. The Hall–Kier alpha value is -2.99. The number of hydrogen-bond acceptors (Lipinski definition) is 6. The largest absolute Gasteiger partial charge is 0.346 e. The number of rotatable bonds is 7. The molecule has 1 aromatic carbocycles. The molecule has 1 fully saturated rings. The van der Waals surface area contributed by atoms with Crippen LogP contribution in [0.25, 0.3) is 5.69 Å². The second-order valence-corrected chi connectivity index (χ2v) is 11.9. The number of nitrogens with one attached hydrogen (secondary N) is 2. The summed E-state index contributed by atoms with van der Waals surface area (Å²) in [6, 6.07) is 13.2. The average Bonchev–Trinajstić information content (AvgIpc) is 3.46. The smallest absolute Gasteiger partial charge is 0.261 e. The number of hydrogen-bond donors (Lipinski definition) is 2. The number of pyridine rings is 1. The van der Waals surface area contributed by atoms with Gasteiger partial charge < -0.3 is 10.6 Å². The summed E-state index contributed by atoms with van der Waals surface area (Å²) < 4.78 is 28.1. The third kappa shape index (κ3) is 5.64. The standard InChI is InChI=1S/C23H23ClN4O5S2/c1-2-35(32,33)27-13-17(18(14-27)26-23(31)19-10-11-20(24)34-19)25-22(30)15-6-8-16(9-7-15)28-12-4-3-5-21(28)29/h3-12,17-18H,2,13-14H2,1H3,(H,25,30)(H,26,31)/t17-,18-/m1/s1. The highest BCUT2D eigenvalue weighted by Gasteiger charge is 2.40. The molecular weight excluding hydrogens is 512 g/mol. The average molecular weight is 535 g/mol. The molecule has 2 N–H and O–H groups in total. The molecule has 2 atom stereocenters. The molecular formula is C23H23ClN4O5S2. The molecule has 4 rings (SSSR count). The van der Waals surface area contributed by atoms with Crippen LogP contribution in [0.3, 0.4) is 0 Å². The second kappa shape index (κ2) is 10.3. The van der Waals surface area contributed by atoms with Gasteiger partial charge in [-0.25, -0.2) is 8.42 Å².